The van der Waals surface area contributed by atoms with Crippen molar-refractivity contribution in [3.8, 4) is 0 Å². The van der Waals surface area contributed by atoms with Gasteiger partial charge in [-0.15, -0.1) is 10.2 Å². The second kappa shape index (κ2) is 4.59. The summed E-state index contributed by atoms with van der Waals surface area (Å²) in [6.07, 6.45) is -4.48. The fourth-order valence-corrected chi connectivity index (χ4v) is 1.37. The van der Waals surface area contributed by atoms with Crippen molar-refractivity contribution in [1.82, 2.24) is 15.4 Å². The van der Waals surface area contributed by atoms with E-state index in [-0.39, 0.29) is 17.2 Å². The highest BCUT2D eigenvalue weighted by molar-refractivity contribution is 6.05. The smallest absolute Gasteiger partial charge is 0.380 e. The molecule has 0 aliphatic carbocycles. The number of hydrogen-bond acceptors (Lipinski definition) is 4. The van der Waals surface area contributed by atoms with Crippen molar-refractivity contribution >= 4 is 17.4 Å². The highest BCUT2D eigenvalue weighted by Crippen LogP contribution is 2.30. The second-order valence-corrected chi connectivity index (χ2v) is 3.59. The van der Waals surface area contributed by atoms with Crippen LogP contribution in [0, 0.1) is 0 Å². The summed E-state index contributed by atoms with van der Waals surface area (Å²) in [5.74, 6) is -0.880. The molecule has 0 aliphatic heterocycles. The van der Waals surface area contributed by atoms with Gasteiger partial charge < -0.3 is 11.1 Å². The average Bonchev–Trinajstić information content (AvgIpc) is 2.75. The highest BCUT2D eigenvalue weighted by atomic mass is 19.4. The fraction of sp³-hybridized carbons (Fsp3) is 0.100. The van der Waals surface area contributed by atoms with Crippen LogP contribution < -0.4 is 11.1 Å². The lowest BCUT2D eigenvalue weighted by molar-refractivity contribution is -0.137. The molecule has 1 aromatic carbocycles. The van der Waals surface area contributed by atoms with Gasteiger partial charge in [0.25, 0.3) is 5.91 Å². The van der Waals surface area contributed by atoms with Crippen molar-refractivity contribution in [2.45, 2.75) is 6.18 Å². The Morgan fingerprint density at radius 2 is 2.05 bits per heavy atom. The Bertz CT molecular complexity index is 607. The second-order valence-electron chi connectivity index (χ2n) is 3.59. The fourth-order valence-electron chi connectivity index (χ4n) is 1.37. The van der Waals surface area contributed by atoms with Crippen LogP contribution in [0.3, 0.4) is 0 Å². The first-order valence-electron chi connectivity index (χ1n) is 5.03. The number of H-pyrrole nitrogens is 1. The first-order chi connectivity index (χ1) is 8.88. The van der Waals surface area contributed by atoms with Gasteiger partial charge in [0.1, 0.15) is 0 Å². The van der Waals surface area contributed by atoms with Crippen molar-refractivity contribution in [3.05, 3.63) is 35.5 Å². The first-order valence-corrected chi connectivity index (χ1v) is 5.03. The molecule has 9 heteroatoms. The number of carbonyl (C=O) groups excluding carboxylic acids is 1. The number of benzene rings is 1. The van der Waals surface area contributed by atoms with E-state index in [0.717, 1.165) is 12.1 Å². The molecule has 2 rings (SSSR count). The maximum absolute atomic E-state index is 12.5. The lowest BCUT2D eigenvalue weighted by atomic mass is 10.2. The van der Waals surface area contributed by atoms with Gasteiger partial charge in [0.15, 0.2) is 11.5 Å². The number of anilines is 2. The number of alkyl halides is 3. The number of carbonyl (C=O) groups is 1. The molecule has 100 valence electrons. The van der Waals surface area contributed by atoms with Crippen LogP contribution in [-0.2, 0) is 6.18 Å². The molecule has 2 aromatic rings. The molecule has 1 aromatic heterocycles. The minimum absolute atomic E-state index is 0.0118. The summed E-state index contributed by atoms with van der Waals surface area (Å²) >= 11 is 0. The minimum atomic E-state index is -4.48. The van der Waals surface area contributed by atoms with E-state index in [0.29, 0.717) is 0 Å². The average molecular weight is 271 g/mol. The highest BCUT2D eigenvalue weighted by Gasteiger charge is 2.30. The quantitative estimate of drug-likeness (QED) is 0.773. The standard InChI is InChI=1S/C10H8F3N5O/c11-10(12,13)5-2-1-3-6(4-5)15-9(19)7-8(14)17-18-16-7/h1-4H,(H,15,19)(H3,14,16,17,18). The molecule has 0 fully saturated rings. The van der Waals surface area contributed by atoms with E-state index in [1.807, 2.05) is 0 Å². The summed E-state index contributed by atoms with van der Waals surface area (Å²) in [4.78, 5) is 11.7. The van der Waals surface area contributed by atoms with Crippen molar-refractivity contribution in [2.75, 3.05) is 11.1 Å². The number of rotatable bonds is 2. The summed E-state index contributed by atoms with van der Waals surface area (Å²) in [6.45, 7) is 0. The number of nitrogen functional groups attached to an aromatic ring is 1. The van der Waals surface area contributed by atoms with E-state index >= 15 is 0 Å². The van der Waals surface area contributed by atoms with Crippen LogP contribution in [0.25, 0.3) is 0 Å². The molecule has 1 heterocycles. The summed E-state index contributed by atoms with van der Waals surface area (Å²) < 4.78 is 37.4. The number of aromatic amines is 1. The van der Waals surface area contributed by atoms with E-state index in [1.165, 1.54) is 12.1 Å². The van der Waals surface area contributed by atoms with Gasteiger partial charge in [-0.3, -0.25) is 4.79 Å². The number of nitrogens with two attached hydrogens (primary N) is 1. The maximum Gasteiger partial charge on any atom is 0.416 e. The zero-order chi connectivity index (χ0) is 14.0. The molecule has 0 radical (unpaired) electrons. The van der Waals surface area contributed by atoms with E-state index in [2.05, 4.69) is 20.7 Å². The molecule has 19 heavy (non-hydrogen) atoms. The van der Waals surface area contributed by atoms with Gasteiger partial charge in [0.2, 0.25) is 0 Å². The molecular formula is C10H8F3N5O. The normalized spacial score (nSPS) is 11.3. The largest absolute Gasteiger partial charge is 0.416 e. The number of halogens is 3. The molecule has 0 unspecified atom stereocenters. The van der Waals surface area contributed by atoms with E-state index in [9.17, 15) is 18.0 Å². The zero-order valence-electron chi connectivity index (χ0n) is 9.32. The molecule has 0 aliphatic rings. The molecule has 4 N–H and O–H groups in total. The van der Waals surface area contributed by atoms with Gasteiger partial charge in [-0.05, 0) is 18.2 Å². The van der Waals surface area contributed by atoms with Crippen LogP contribution in [0.15, 0.2) is 24.3 Å². The number of aromatic nitrogens is 3. The van der Waals surface area contributed by atoms with Crippen LogP contribution in [0.1, 0.15) is 16.1 Å². The zero-order valence-corrected chi connectivity index (χ0v) is 9.32. The Kier molecular flexibility index (Phi) is 3.11. The predicted molar refractivity (Wildman–Crippen MR) is 60.2 cm³/mol. The van der Waals surface area contributed by atoms with E-state index in [4.69, 9.17) is 5.73 Å². The van der Waals surface area contributed by atoms with Crippen molar-refractivity contribution in [1.29, 1.82) is 0 Å². The van der Waals surface area contributed by atoms with Crippen molar-refractivity contribution < 1.29 is 18.0 Å². The number of amides is 1. The van der Waals surface area contributed by atoms with Gasteiger partial charge in [-0.2, -0.15) is 18.4 Å². The lowest BCUT2D eigenvalue weighted by Crippen LogP contribution is -2.15. The van der Waals surface area contributed by atoms with Crippen LogP contribution >= 0.6 is 0 Å². The third-order valence-electron chi connectivity index (χ3n) is 2.24. The van der Waals surface area contributed by atoms with Crippen molar-refractivity contribution in [2.24, 2.45) is 0 Å². The SMILES string of the molecule is Nc1n[nH]nc1C(=O)Nc1cccc(C(F)(F)F)c1. The van der Waals surface area contributed by atoms with Gasteiger partial charge in [-0.25, -0.2) is 0 Å². The molecule has 0 saturated carbocycles. The van der Waals surface area contributed by atoms with Crippen LogP contribution in [0.4, 0.5) is 24.7 Å². The number of hydrogen-bond donors (Lipinski definition) is 3. The topological polar surface area (TPSA) is 96.7 Å². The van der Waals surface area contributed by atoms with Gasteiger partial charge >= 0.3 is 6.18 Å². The summed E-state index contributed by atoms with van der Waals surface area (Å²) in [6, 6.07) is 4.22. The van der Waals surface area contributed by atoms with E-state index < -0.39 is 17.6 Å². The molecule has 0 atom stereocenters. The Balaban J connectivity index is 2.21. The predicted octanol–water partition coefficient (Wildman–Crippen LogP) is 1.66. The third kappa shape index (κ3) is 2.81. The Morgan fingerprint density at radius 1 is 1.32 bits per heavy atom. The van der Waals surface area contributed by atoms with Gasteiger partial charge in [0, 0.05) is 5.69 Å². The molecule has 1 amide bonds. The molecule has 0 bridgehead atoms. The lowest BCUT2D eigenvalue weighted by Gasteiger charge is -2.09. The monoisotopic (exact) mass is 271 g/mol. The number of nitrogens with one attached hydrogen (secondary N) is 2. The molecular weight excluding hydrogens is 263 g/mol. The van der Waals surface area contributed by atoms with Gasteiger partial charge in [-0.1, -0.05) is 6.07 Å². The molecule has 0 saturated heterocycles. The van der Waals surface area contributed by atoms with Crippen LogP contribution in [-0.4, -0.2) is 21.3 Å². The Morgan fingerprint density at radius 3 is 2.63 bits per heavy atom. The maximum atomic E-state index is 12.5. The summed E-state index contributed by atoms with van der Waals surface area (Å²) in [5, 5.41) is 11.3. The Labute approximate surface area is 104 Å². The van der Waals surface area contributed by atoms with Gasteiger partial charge in [0.05, 0.1) is 5.56 Å². The van der Waals surface area contributed by atoms with E-state index in [1.54, 1.807) is 0 Å². The molecule has 6 nitrogen and oxygen atoms in total. The van der Waals surface area contributed by atoms with Crippen LogP contribution in [0.5, 0.6) is 0 Å². The van der Waals surface area contributed by atoms with Crippen molar-refractivity contribution in [3.63, 3.8) is 0 Å². The Hall–Kier alpha value is -2.58. The summed E-state index contributed by atoms with van der Waals surface area (Å²) in [7, 11) is 0. The first kappa shape index (κ1) is 12.9. The molecule has 0 spiro atoms. The number of nitrogens with zero attached hydrogens (tertiary/aromatic N) is 2. The summed E-state index contributed by atoms with van der Waals surface area (Å²) in [5.41, 5.74) is 4.29. The van der Waals surface area contributed by atoms with Crippen LogP contribution in [0.2, 0.25) is 0 Å². The minimum Gasteiger partial charge on any atom is -0.380 e. The third-order valence-corrected chi connectivity index (χ3v) is 2.24.